The van der Waals surface area contributed by atoms with Gasteiger partial charge in [-0.15, -0.1) is 0 Å². The van der Waals surface area contributed by atoms with Crippen LogP contribution in [0.3, 0.4) is 0 Å². The standard InChI is InChI=1S/C25H28N6O/c1-17-28-16-23(30(17)2)18-3-4-20-15-29-22(12-21(20)11-18)14-24(32)19-5-6-27-25(13-19)31-9-7-26-8-10-31/h3-6,11-13,15-17,26,28H,7-10,14H2,1-2H3. The monoisotopic (exact) mass is 428 g/mol. The molecule has 5 rings (SSSR count). The lowest BCUT2D eigenvalue weighted by atomic mass is 10.0. The van der Waals surface area contributed by atoms with Crippen molar-refractivity contribution in [2.75, 3.05) is 38.1 Å². The molecule has 2 aromatic heterocycles. The predicted octanol–water partition coefficient (Wildman–Crippen LogP) is 2.64. The van der Waals surface area contributed by atoms with E-state index in [1.807, 2.05) is 18.3 Å². The van der Waals surface area contributed by atoms with Crippen LogP contribution in [-0.2, 0) is 6.42 Å². The van der Waals surface area contributed by atoms with E-state index in [0.717, 1.165) is 59.7 Å². The average molecular weight is 429 g/mol. The van der Waals surface area contributed by atoms with Crippen LogP contribution in [0.5, 0.6) is 0 Å². The highest BCUT2D eigenvalue weighted by Gasteiger charge is 2.19. The Bertz CT molecular complexity index is 1180. The van der Waals surface area contributed by atoms with Crippen LogP contribution in [-0.4, -0.2) is 60.0 Å². The summed E-state index contributed by atoms with van der Waals surface area (Å²) in [5.41, 5.74) is 3.77. The molecule has 3 aromatic rings. The zero-order valence-electron chi connectivity index (χ0n) is 18.5. The molecule has 7 nitrogen and oxygen atoms in total. The van der Waals surface area contributed by atoms with Crippen molar-refractivity contribution in [2.24, 2.45) is 0 Å². The smallest absolute Gasteiger partial charge is 0.169 e. The first-order valence-corrected chi connectivity index (χ1v) is 11.1. The number of nitrogens with one attached hydrogen (secondary N) is 2. The number of Topliss-reactive ketones (excluding diaryl/α,β-unsaturated/α-hetero) is 1. The van der Waals surface area contributed by atoms with Gasteiger partial charge in [-0.3, -0.25) is 9.78 Å². The maximum absolute atomic E-state index is 13.0. The highest BCUT2D eigenvalue weighted by atomic mass is 16.1. The number of nitrogens with zero attached hydrogens (tertiary/aromatic N) is 4. The van der Waals surface area contributed by atoms with Crippen molar-refractivity contribution < 1.29 is 4.79 Å². The Hall–Kier alpha value is -3.45. The van der Waals surface area contributed by atoms with E-state index in [1.165, 1.54) is 0 Å². The van der Waals surface area contributed by atoms with Crippen molar-refractivity contribution in [3.63, 3.8) is 0 Å². The fourth-order valence-electron chi connectivity index (χ4n) is 4.28. The molecule has 0 aliphatic carbocycles. The van der Waals surface area contributed by atoms with E-state index < -0.39 is 0 Å². The van der Waals surface area contributed by atoms with Gasteiger partial charge in [-0.2, -0.15) is 0 Å². The van der Waals surface area contributed by atoms with E-state index in [4.69, 9.17) is 0 Å². The number of benzene rings is 1. The molecule has 2 N–H and O–H groups in total. The number of hydrogen-bond donors (Lipinski definition) is 2. The zero-order chi connectivity index (χ0) is 22.1. The third-order valence-corrected chi connectivity index (χ3v) is 6.35. The van der Waals surface area contributed by atoms with Gasteiger partial charge in [0.2, 0.25) is 0 Å². The van der Waals surface area contributed by atoms with Crippen molar-refractivity contribution >= 4 is 28.1 Å². The van der Waals surface area contributed by atoms with Crippen LogP contribution in [0.4, 0.5) is 5.82 Å². The number of aromatic nitrogens is 2. The second-order valence-electron chi connectivity index (χ2n) is 8.46. The molecule has 32 heavy (non-hydrogen) atoms. The summed E-state index contributed by atoms with van der Waals surface area (Å²) in [7, 11) is 2.08. The molecule has 1 unspecified atom stereocenters. The number of pyridine rings is 2. The number of hydrogen-bond acceptors (Lipinski definition) is 7. The quantitative estimate of drug-likeness (QED) is 0.605. The number of rotatable bonds is 5. The maximum atomic E-state index is 13.0. The highest BCUT2D eigenvalue weighted by Crippen LogP contribution is 2.26. The second kappa shape index (κ2) is 8.59. The van der Waals surface area contributed by atoms with Gasteiger partial charge in [-0.25, -0.2) is 4.98 Å². The minimum absolute atomic E-state index is 0.0584. The van der Waals surface area contributed by atoms with E-state index in [1.54, 1.807) is 12.3 Å². The summed E-state index contributed by atoms with van der Waals surface area (Å²) in [6, 6.07) is 12.1. The van der Waals surface area contributed by atoms with Gasteiger partial charge < -0.3 is 20.4 Å². The molecule has 0 radical (unpaired) electrons. The van der Waals surface area contributed by atoms with Crippen LogP contribution < -0.4 is 15.5 Å². The van der Waals surface area contributed by atoms with Gasteiger partial charge in [0.25, 0.3) is 0 Å². The van der Waals surface area contributed by atoms with Gasteiger partial charge in [0.15, 0.2) is 5.78 Å². The van der Waals surface area contributed by atoms with Crippen molar-refractivity contribution in [3.8, 4) is 0 Å². The number of carbonyl (C=O) groups is 1. The first-order chi connectivity index (χ1) is 15.6. The number of piperazine rings is 1. The van der Waals surface area contributed by atoms with Crippen LogP contribution in [0.1, 0.15) is 28.5 Å². The molecule has 1 atom stereocenters. The molecule has 164 valence electrons. The summed E-state index contributed by atoms with van der Waals surface area (Å²) in [6.45, 7) is 5.80. The van der Waals surface area contributed by atoms with E-state index in [9.17, 15) is 4.79 Å². The molecule has 1 aromatic carbocycles. The summed E-state index contributed by atoms with van der Waals surface area (Å²) in [4.78, 5) is 26.5. The Kier molecular flexibility index (Phi) is 5.49. The fraction of sp³-hybridized carbons (Fsp3) is 0.320. The third-order valence-electron chi connectivity index (χ3n) is 6.35. The summed E-state index contributed by atoms with van der Waals surface area (Å²) in [5.74, 6) is 0.924. The number of ketones is 1. The number of fused-ring (bicyclic) bond motifs is 1. The van der Waals surface area contributed by atoms with Gasteiger partial charge in [-0.05, 0) is 42.1 Å². The molecule has 0 saturated carbocycles. The Morgan fingerprint density at radius 2 is 1.94 bits per heavy atom. The van der Waals surface area contributed by atoms with Crippen molar-refractivity contribution in [1.82, 2.24) is 25.5 Å². The first kappa shape index (κ1) is 20.5. The van der Waals surface area contributed by atoms with Crippen LogP contribution >= 0.6 is 0 Å². The second-order valence-corrected chi connectivity index (χ2v) is 8.46. The molecule has 2 aliphatic heterocycles. The van der Waals surface area contributed by atoms with Gasteiger partial charge in [0.05, 0.1) is 18.3 Å². The largest absolute Gasteiger partial charge is 0.370 e. The van der Waals surface area contributed by atoms with E-state index in [2.05, 4.69) is 68.8 Å². The average Bonchev–Trinajstić information content (AvgIpc) is 3.17. The SMILES string of the molecule is CC1NC=C(c2ccc3cnc(CC(=O)c4ccnc(N5CCNCC5)c4)cc3c2)N1C. The summed E-state index contributed by atoms with van der Waals surface area (Å²) < 4.78 is 0. The van der Waals surface area contributed by atoms with Gasteiger partial charge in [0, 0.05) is 68.5 Å². The van der Waals surface area contributed by atoms with Crippen LogP contribution in [0, 0.1) is 0 Å². The molecule has 7 heteroatoms. The molecule has 0 amide bonds. The Morgan fingerprint density at radius 3 is 2.72 bits per heavy atom. The molecular weight excluding hydrogens is 400 g/mol. The molecule has 0 spiro atoms. The van der Waals surface area contributed by atoms with Gasteiger partial charge in [-0.1, -0.05) is 12.1 Å². The Balaban J connectivity index is 1.36. The van der Waals surface area contributed by atoms with Crippen molar-refractivity contribution in [2.45, 2.75) is 19.5 Å². The maximum Gasteiger partial charge on any atom is 0.169 e. The summed E-state index contributed by atoms with van der Waals surface area (Å²) in [5, 5.41) is 8.84. The molecule has 2 aliphatic rings. The topological polar surface area (TPSA) is 73.4 Å². The lowest BCUT2D eigenvalue weighted by molar-refractivity contribution is 0.0992. The zero-order valence-corrected chi connectivity index (χ0v) is 18.5. The van der Waals surface area contributed by atoms with Crippen molar-refractivity contribution in [1.29, 1.82) is 0 Å². The van der Waals surface area contributed by atoms with Crippen LogP contribution in [0.15, 0.2) is 55.0 Å². The van der Waals surface area contributed by atoms with Crippen molar-refractivity contribution in [3.05, 3.63) is 71.8 Å². The minimum atomic E-state index is 0.0584. The predicted molar refractivity (Wildman–Crippen MR) is 127 cm³/mol. The van der Waals surface area contributed by atoms with Crippen LogP contribution in [0.2, 0.25) is 0 Å². The number of carbonyl (C=O) groups excluding carboxylic acids is 1. The lowest BCUT2D eigenvalue weighted by Gasteiger charge is -2.28. The normalized spacial score (nSPS) is 18.6. The third kappa shape index (κ3) is 4.03. The van der Waals surface area contributed by atoms with Gasteiger partial charge in [0.1, 0.15) is 5.82 Å². The molecular formula is C25H28N6O. The Morgan fingerprint density at radius 1 is 1.09 bits per heavy atom. The van der Waals surface area contributed by atoms with E-state index in [0.29, 0.717) is 5.56 Å². The minimum Gasteiger partial charge on any atom is -0.370 e. The molecule has 1 saturated heterocycles. The fourth-order valence-corrected chi connectivity index (χ4v) is 4.28. The summed E-state index contributed by atoms with van der Waals surface area (Å²) in [6.07, 6.45) is 6.18. The summed E-state index contributed by atoms with van der Waals surface area (Å²) >= 11 is 0. The first-order valence-electron chi connectivity index (χ1n) is 11.1. The molecule has 4 heterocycles. The van der Waals surface area contributed by atoms with Crippen LogP contribution in [0.25, 0.3) is 16.5 Å². The molecule has 1 fully saturated rings. The van der Waals surface area contributed by atoms with Gasteiger partial charge >= 0.3 is 0 Å². The Labute approximate surface area is 188 Å². The number of anilines is 1. The highest BCUT2D eigenvalue weighted by molar-refractivity contribution is 5.98. The van der Waals surface area contributed by atoms with E-state index >= 15 is 0 Å². The lowest BCUT2D eigenvalue weighted by Crippen LogP contribution is -2.43. The molecule has 0 bridgehead atoms. The van der Waals surface area contributed by atoms with E-state index in [-0.39, 0.29) is 18.4 Å².